The molecular weight excluding hydrogens is 220 g/mol. The third-order valence-corrected chi connectivity index (χ3v) is 2.82. The maximum atomic E-state index is 6.12. The molecule has 0 aliphatic heterocycles. The van der Waals surface area contributed by atoms with E-state index < -0.39 is 0 Å². The highest BCUT2D eigenvalue weighted by molar-refractivity contribution is 6.30. The molecule has 0 heterocycles. The number of hydrogen-bond acceptors (Lipinski definition) is 1. The first kappa shape index (κ1) is 13.1. The van der Waals surface area contributed by atoms with E-state index in [-0.39, 0.29) is 0 Å². The number of benzene rings is 1. The smallest absolute Gasteiger partial charge is 0.125 e. The number of hydrogen-bond donors (Lipinski definition) is 0. The highest BCUT2D eigenvalue weighted by Gasteiger charge is 2.13. The summed E-state index contributed by atoms with van der Waals surface area (Å²) in [5.41, 5.74) is 2.34. The molecule has 0 amide bonds. The summed E-state index contributed by atoms with van der Waals surface area (Å²) in [5, 5.41) is 0.781. The molecule has 0 aliphatic rings. The highest BCUT2D eigenvalue weighted by atomic mass is 35.5. The average molecular weight is 239 g/mol. The van der Waals surface area contributed by atoms with Crippen molar-refractivity contribution in [2.45, 2.75) is 32.6 Å². The first-order chi connectivity index (χ1) is 7.60. The van der Waals surface area contributed by atoms with Crippen molar-refractivity contribution in [2.75, 3.05) is 7.11 Å². The van der Waals surface area contributed by atoms with Crippen LogP contribution in [-0.2, 0) is 6.42 Å². The minimum absolute atomic E-state index is 0.413. The molecule has 16 heavy (non-hydrogen) atoms. The molecule has 2 heteroatoms. The van der Waals surface area contributed by atoms with Gasteiger partial charge in [0.1, 0.15) is 5.75 Å². The summed E-state index contributed by atoms with van der Waals surface area (Å²) in [6.45, 7) is 8.03. The molecule has 0 bridgehead atoms. The zero-order valence-electron chi connectivity index (χ0n) is 10.2. The molecule has 0 N–H and O–H groups in total. The van der Waals surface area contributed by atoms with Gasteiger partial charge in [-0.25, -0.2) is 0 Å². The van der Waals surface area contributed by atoms with Gasteiger partial charge < -0.3 is 4.74 Å². The Labute approximate surface area is 103 Å². The van der Waals surface area contributed by atoms with Gasteiger partial charge in [-0.05, 0) is 42.0 Å². The molecule has 0 saturated carbocycles. The van der Waals surface area contributed by atoms with Crippen LogP contribution in [0.3, 0.4) is 0 Å². The molecule has 1 nitrogen and oxygen atoms in total. The standard InChI is InChI=1S/C14H19ClO/c1-5-6-7-11-8-12(15)9-13(10(2)3)14(11)16-4/h5,8-10H,1,6-7H2,2-4H3. The van der Waals surface area contributed by atoms with Crippen LogP contribution in [0.1, 0.15) is 37.3 Å². The van der Waals surface area contributed by atoms with Crippen molar-refractivity contribution in [3.8, 4) is 5.75 Å². The zero-order chi connectivity index (χ0) is 12.1. The number of aryl methyl sites for hydroxylation is 1. The van der Waals surface area contributed by atoms with Crippen LogP contribution in [0.25, 0.3) is 0 Å². The Morgan fingerprint density at radius 2 is 2.12 bits per heavy atom. The lowest BCUT2D eigenvalue weighted by atomic mass is 9.97. The van der Waals surface area contributed by atoms with E-state index in [1.165, 1.54) is 11.1 Å². The van der Waals surface area contributed by atoms with Crippen LogP contribution in [0.4, 0.5) is 0 Å². The molecule has 0 radical (unpaired) electrons. The van der Waals surface area contributed by atoms with Gasteiger partial charge in [-0.2, -0.15) is 0 Å². The second-order valence-electron chi connectivity index (χ2n) is 4.17. The van der Waals surface area contributed by atoms with E-state index in [0.717, 1.165) is 23.6 Å². The maximum Gasteiger partial charge on any atom is 0.125 e. The van der Waals surface area contributed by atoms with Gasteiger partial charge in [0.05, 0.1) is 7.11 Å². The summed E-state index contributed by atoms with van der Waals surface area (Å²) < 4.78 is 5.50. The molecular formula is C14H19ClO. The number of ether oxygens (including phenoxy) is 1. The fourth-order valence-electron chi connectivity index (χ4n) is 1.79. The average Bonchev–Trinajstić information content (AvgIpc) is 2.25. The SMILES string of the molecule is C=CCCc1cc(Cl)cc(C(C)C)c1OC. The molecule has 1 rings (SSSR count). The number of methoxy groups -OCH3 is 1. The molecule has 88 valence electrons. The number of allylic oxidation sites excluding steroid dienone is 1. The van der Waals surface area contributed by atoms with Gasteiger partial charge in [-0.3, -0.25) is 0 Å². The van der Waals surface area contributed by atoms with Crippen LogP contribution >= 0.6 is 11.6 Å². The first-order valence-corrected chi connectivity index (χ1v) is 5.95. The Morgan fingerprint density at radius 1 is 1.44 bits per heavy atom. The summed E-state index contributed by atoms with van der Waals surface area (Å²) in [6.07, 6.45) is 3.77. The summed E-state index contributed by atoms with van der Waals surface area (Å²) >= 11 is 6.12. The zero-order valence-corrected chi connectivity index (χ0v) is 11.0. The number of halogens is 1. The summed E-state index contributed by atoms with van der Waals surface area (Å²) in [7, 11) is 1.71. The van der Waals surface area contributed by atoms with Gasteiger partial charge in [0.2, 0.25) is 0 Å². The van der Waals surface area contributed by atoms with Crippen molar-refractivity contribution < 1.29 is 4.74 Å². The Balaban J connectivity index is 3.18. The minimum atomic E-state index is 0.413. The molecule has 0 spiro atoms. The monoisotopic (exact) mass is 238 g/mol. The van der Waals surface area contributed by atoms with Crippen LogP contribution in [0.2, 0.25) is 5.02 Å². The molecule has 0 fully saturated rings. The largest absolute Gasteiger partial charge is 0.496 e. The lowest BCUT2D eigenvalue weighted by molar-refractivity contribution is 0.402. The molecule has 0 aromatic heterocycles. The molecule has 0 atom stereocenters. The van der Waals surface area contributed by atoms with Crippen molar-refractivity contribution in [2.24, 2.45) is 0 Å². The Kier molecular flexibility index (Phi) is 4.88. The summed E-state index contributed by atoms with van der Waals surface area (Å²) in [4.78, 5) is 0. The molecule has 0 saturated heterocycles. The number of rotatable bonds is 5. The van der Waals surface area contributed by atoms with Crippen LogP contribution in [-0.4, -0.2) is 7.11 Å². The van der Waals surface area contributed by atoms with E-state index in [9.17, 15) is 0 Å². The Bertz CT molecular complexity index is 369. The van der Waals surface area contributed by atoms with Crippen LogP contribution in [0.5, 0.6) is 5.75 Å². The summed E-state index contributed by atoms with van der Waals surface area (Å²) in [6, 6.07) is 3.97. The first-order valence-electron chi connectivity index (χ1n) is 5.57. The van der Waals surface area contributed by atoms with E-state index >= 15 is 0 Å². The van der Waals surface area contributed by atoms with Gasteiger partial charge in [-0.15, -0.1) is 6.58 Å². The Morgan fingerprint density at radius 3 is 2.62 bits per heavy atom. The van der Waals surface area contributed by atoms with Crippen LogP contribution < -0.4 is 4.74 Å². The van der Waals surface area contributed by atoms with Crippen LogP contribution in [0, 0.1) is 0 Å². The van der Waals surface area contributed by atoms with Crippen molar-refractivity contribution in [3.05, 3.63) is 40.9 Å². The van der Waals surface area contributed by atoms with E-state index in [2.05, 4.69) is 20.4 Å². The van der Waals surface area contributed by atoms with Gasteiger partial charge in [0.25, 0.3) is 0 Å². The van der Waals surface area contributed by atoms with Crippen LogP contribution in [0.15, 0.2) is 24.8 Å². The van der Waals surface area contributed by atoms with E-state index in [0.29, 0.717) is 5.92 Å². The van der Waals surface area contributed by atoms with Crippen molar-refractivity contribution in [1.82, 2.24) is 0 Å². The second kappa shape index (κ2) is 5.95. The van der Waals surface area contributed by atoms with Crippen molar-refractivity contribution >= 4 is 11.6 Å². The Hall–Kier alpha value is -0.950. The van der Waals surface area contributed by atoms with Crippen molar-refractivity contribution in [3.63, 3.8) is 0 Å². The van der Waals surface area contributed by atoms with E-state index in [1.54, 1.807) is 7.11 Å². The third kappa shape index (κ3) is 3.02. The minimum Gasteiger partial charge on any atom is -0.496 e. The quantitative estimate of drug-likeness (QED) is 0.682. The third-order valence-electron chi connectivity index (χ3n) is 2.60. The lowest BCUT2D eigenvalue weighted by Gasteiger charge is -2.16. The highest BCUT2D eigenvalue weighted by Crippen LogP contribution is 2.33. The maximum absolute atomic E-state index is 6.12. The van der Waals surface area contributed by atoms with Gasteiger partial charge >= 0.3 is 0 Å². The van der Waals surface area contributed by atoms with Gasteiger partial charge in [-0.1, -0.05) is 31.5 Å². The second-order valence-corrected chi connectivity index (χ2v) is 4.61. The van der Waals surface area contributed by atoms with E-state index in [4.69, 9.17) is 16.3 Å². The normalized spacial score (nSPS) is 10.6. The lowest BCUT2D eigenvalue weighted by Crippen LogP contribution is -1.99. The topological polar surface area (TPSA) is 9.23 Å². The predicted octanol–water partition coefficient (Wildman–Crippen LogP) is 4.59. The van der Waals surface area contributed by atoms with Gasteiger partial charge in [0.15, 0.2) is 0 Å². The van der Waals surface area contributed by atoms with E-state index in [1.807, 2.05) is 18.2 Å². The van der Waals surface area contributed by atoms with Gasteiger partial charge in [0, 0.05) is 5.02 Å². The molecule has 1 aromatic rings. The fourth-order valence-corrected chi connectivity index (χ4v) is 2.04. The molecule has 0 aliphatic carbocycles. The molecule has 0 unspecified atom stereocenters. The van der Waals surface area contributed by atoms with Crippen molar-refractivity contribution in [1.29, 1.82) is 0 Å². The molecule has 1 aromatic carbocycles. The predicted molar refractivity (Wildman–Crippen MR) is 70.6 cm³/mol. The fraction of sp³-hybridized carbons (Fsp3) is 0.429. The summed E-state index contributed by atoms with van der Waals surface area (Å²) in [5.74, 6) is 1.39.